The van der Waals surface area contributed by atoms with Gasteiger partial charge in [0.1, 0.15) is 10.8 Å². The minimum absolute atomic E-state index is 0.174. The van der Waals surface area contributed by atoms with Gasteiger partial charge in [-0.05, 0) is 32.0 Å². The minimum atomic E-state index is -0.212. The Morgan fingerprint density at radius 1 is 1.47 bits per heavy atom. The first-order chi connectivity index (χ1) is 9.11. The van der Waals surface area contributed by atoms with Crippen LogP contribution in [0.1, 0.15) is 35.7 Å². The van der Waals surface area contributed by atoms with Gasteiger partial charge in [-0.2, -0.15) is 0 Å². The molecular weight excluding hydrogens is 327 g/mol. The Labute approximate surface area is 125 Å². The summed E-state index contributed by atoms with van der Waals surface area (Å²) in [5, 5.41) is 6.27. The van der Waals surface area contributed by atoms with Gasteiger partial charge in [0.25, 0.3) is 0 Å². The van der Waals surface area contributed by atoms with Gasteiger partial charge in [-0.3, -0.25) is 0 Å². The molecule has 2 rings (SSSR count). The van der Waals surface area contributed by atoms with E-state index in [0.29, 0.717) is 5.56 Å². The van der Waals surface area contributed by atoms with E-state index in [1.165, 1.54) is 6.07 Å². The van der Waals surface area contributed by atoms with Crippen LogP contribution < -0.4 is 5.32 Å². The summed E-state index contributed by atoms with van der Waals surface area (Å²) in [4.78, 5) is 4.48. The van der Waals surface area contributed by atoms with Crippen LogP contribution in [0.25, 0.3) is 0 Å². The lowest BCUT2D eigenvalue weighted by molar-refractivity contribution is 0.544. The Hall–Kier alpha value is -0.780. The summed E-state index contributed by atoms with van der Waals surface area (Å²) >= 11 is 4.85. The summed E-state index contributed by atoms with van der Waals surface area (Å²) in [6.07, 6.45) is 0.999. The molecule has 1 aromatic heterocycles. The van der Waals surface area contributed by atoms with Crippen molar-refractivity contribution in [3.05, 3.63) is 50.1 Å². The summed E-state index contributed by atoms with van der Waals surface area (Å²) in [6, 6.07) is 4.99. The molecule has 19 heavy (non-hydrogen) atoms. The highest BCUT2D eigenvalue weighted by atomic mass is 79.9. The molecule has 1 unspecified atom stereocenters. The van der Waals surface area contributed by atoms with Gasteiger partial charge < -0.3 is 5.32 Å². The molecule has 0 aliphatic rings. The van der Waals surface area contributed by atoms with Gasteiger partial charge in [0.15, 0.2) is 0 Å². The molecule has 1 aromatic carbocycles. The Bertz CT molecular complexity index is 556. The lowest BCUT2D eigenvalue weighted by atomic mass is 10.1. The molecule has 0 saturated heterocycles. The first-order valence-corrected chi connectivity index (χ1v) is 7.89. The van der Waals surface area contributed by atoms with Crippen molar-refractivity contribution in [2.75, 3.05) is 6.54 Å². The maximum atomic E-state index is 14.1. The van der Waals surface area contributed by atoms with Crippen molar-refractivity contribution in [1.82, 2.24) is 10.3 Å². The van der Waals surface area contributed by atoms with E-state index in [4.69, 9.17) is 0 Å². The molecule has 2 aromatic rings. The summed E-state index contributed by atoms with van der Waals surface area (Å²) in [5.74, 6) is -0.212. The van der Waals surface area contributed by atoms with E-state index in [0.717, 1.165) is 28.1 Å². The number of hydrogen-bond donors (Lipinski definition) is 1. The highest BCUT2D eigenvalue weighted by Gasteiger charge is 2.20. The van der Waals surface area contributed by atoms with Crippen molar-refractivity contribution in [1.29, 1.82) is 0 Å². The van der Waals surface area contributed by atoms with Crippen LogP contribution >= 0.6 is 27.3 Å². The highest BCUT2D eigenvalue weighted by Crippen LogP contribution is 2.28. The lowest BCUT2D eigenvalue weighted by Crippen LogP contribution is -2.24. The normalized spacial score (nSPS) is 12.6. The number of hydrogen-bond acceptors (Lipinski definition) is 3. The van der Waals surface area contributed by atoms with E-state index in [-0.39, 0.29) is 11.9 Å². The number of halogens is 2. The van der Waals surface area contributed by atoms with Crippen LogP contribution in [-0.4, -0.2) is 11.5 Å². The third-order valence-electron chi connectivity index (χ3n) is 2.76. The number of benzene rings is 1. The minimum Gasteiger partial charge on any atom is -0.304 e. The van der Waals surface area contributed by atoms with E-state index in [2.05, 4.69) is 33.2 Å². The number of nitrogens with one attached hydrogen (secondary N) is 1. The third kappa shape index (κ3) is 3.61. The van der Waals surface area contributed by atoms with Crippen molar-refractivity contribution < 1.29 is 4.39 Å². The van der Waals surface area contributed by atoms with Crippen molar-refractivity contribution in [3.8, 4) is 0 Å². The van der Waals surface area contributed by atoms with Gasteiger partial charge in [0, 0.05) is 21.1 Å². The fourth-order valence-corrected chi connectivity index (χ4v) is 3.08. The lowest BCUT2D eigenvalue weighted by Gasteiger charge is -2.17. The number of rotatable bonds is 5. The van der Waals surface area contributed by atoms with E-state index >= 15 is 0 Å². The first-order valence-electron chi connectivity index (χ1n) is 6.22. The summed E-state index contributed by atoms with van der Waals surface area (Å²) in [5.41, 5.74) is 1.62. The molecule has 102 valence electrons. The summed E-state index contributed by atoms with van der Waals surface area (Å²) < 4.78 is 14.9. The molecule has 0 saturated carbocycles. The number of aromatic nitrogens is 1. The standard InChI is InChI=1S/C14H16BrFN2S/c1-3-6-17-13(14-18-9(2)8-19-14)11-5-4-10(15)7-12(11)16/h4-5,7-8,13,17H,3,6H2,1-2H3. The molecular formula is C14H16BrFN2S. The van der Waals surface area contributed by atoms with Crippen LogP contribution in [0.5, 0.6) is 0 Å². The van der Waals surface area contributed by atoms with E-state index in [9.17, 15) is 4.39 Å². The summed E-state index contributed by atoms with van der Waals surface area (Å²) in [6.45, 7) is 4.88. The second-order valence-corrected chi connectivity index (χ2v) is 6.19. The zero-order chi connectivity index (χ0) is 13.8. The van der Waals surface area contributed by atoms with Crippen LogP contribution in [0.3, 0.4) is 0 Å². The van der Waals surface area contributed by atoms with Crippen LogP contribution in [0.15, 0.2) is 28.1 Å². The average Bonchev–Trinajstić information content (AvgIpc) is 2.78. The molecule has 1 heterocycles. The Balaban J connectivity index is 2.36. The van der Waals surface area contributed by atoms with Crippen LogP contribution in [0.2, 0.25) is 0 Å². The largest absolute Gasteiger partial charge is 0.304 e. The zero-order valence-corrected chi connectivity index (χ0v) is 13.3. The molecule has 1 N–H and O–H groups in total. The topological polar surface area (TPSA) is 24.9 Å². The maximum Gasteiger partial charge on any atom is 0.129 e. The zero-order valence-electron chi connectivity index (χ0n) is 10.9. The van der Waals surface area contributed by atoms with E-state index in [1.807, 2.05) is 24.4 Å². The molecule has 0 amide bonds. The van der Waals surface area contributed by atoms with Gasteiger partial charge >= 0.3 is 0 Å². The van der Waals surface area contributed by atoms with E-state index in [1.54, 1.807) is 11.3 Å². The first kappa shape index (κ1) is 14.6. The van der Waals surface area contributed by atoms with Crippen LogP contribution in [0.4, 0.5) is 4.39 Å². The van der Waals surface area contributed by atoms with Gasteiger partial charge in [-0.25, -0.2) is 9.37 Å². The fraction of sp³-hybridized carbons (Fsp3) is 0.357. The molecule has 0 spiro atoms. The third-order valence-corrected chi connectivity index (χ3v) is 4.28. The maximum absolute atomic E-state index is 14.1. The molecule has 0 bridgehead atoms. The smallest absolute Gasteiger partial charge is 0.129 e. The summed E-state index contributed by atoms with van der Waals surface area (Å²) in [7, 11) is 0. The second kappa shape index (κ2) is 6.59. The Kier molecular flexibility index (Phi) is 5.07. The highest BCUT2D eigenvalue weighted by molar-refractivity contribution is 9.10. The van der Waals surface area contributed by atoms with Gasteiger partial charge in [0.05, 0.1) is 6.04 Å². The molecule has 5 heteroatoms. The predicted octanol–water partition coefficient (Wildman–Crippen LogP) is 4.44. The SMILES string of the molecule is CCCNC(c1nc(C)cs1)c1ccc(Br)cc1F. The predicted molar refractivity (Wildman–Crippen MR) is 81.1 cm³/mol. The van der Waals surface area contributed by atoms with Crippen molar-refractivity contribution in [2.45, 2.75) is 26.3 Å². The van der Waals surface area contributed by atoms with Crippen LogP contribution in [0, 0.1) is 12.7 Å². The monoisotopic (exact) mass is 342 g/mol. The van der Waals surface area contributed by atoms with E-state index < -0.39 is 0 Å². The average molecular weight is 343 g/mol. The fourth-order valence-electron chi connectivity index (χ4n) is 1.86. The number of thiazole rings is 1. The van der Waals surface area contributed by atoms with Gasteiger partial charge in [-0.15, -0.1) is 11.3 Å². The Morgan fingerprint density at radius 3 is 2.84 bits per heavy atom. The molecule has 0 aliphatic heterocycles. The molecule has 0 radical (unpaired) electrons. The van der Waals surface area contributed by atoms with Gasteiger partial charge in [0.2, 0.25) is 0 Å². The number of nitrogens with zero attached hydrogens (tertiary/aromatic N) is 1. The van der Waals surface area contributed by atoms with Crippen molar-refractivity contribution in [3.63, 3.8) is 0 Å². The molecule has 1 atom stereocenters. The molecule has 0 aliphatic carbocycles. The van der Waals surface area contributed by atoms with Crippen molar-refractivity contribution in [2.24, 2.45) is 0 Å². The number of aryl methyl sites for hydroxylation is 1. The van der Waals surface area contributed by atoms with Gasteiger partial charge in [-0.1, -0.05) is 28.9 Å². The molecule has 0 fully saturated rings. The quantitative estimate of drug-likeness (QED) is 0.868. The van der Waals surface area contributed by atoms with Crippen LogP contribution in [-0.2, 0) is 0 Å². The molecule has 2 nitrogen and oxygen atoms in total. The Morgan fingerprint density at radius 2 is 2.26 bits per heavy atom. The van der Waals surface area contributed by atoms with Crippen molar-refractivity contribution >= 4 is 27.3 Å². The second-order valence-electron chi connectivity index (χ2n) is 4.38.